The number of anilines is 4. The van der Waals surface area contributed by atoms with Gasteiger partial charge in [-0.3, -0.25) is 0 Å². The standard InChI is InChI=1S/C12H16N6O2/c1-19-7-3-4-8(9(5-7)20-2)15-10-6-11(18-14)17-12(13)16-10/h3-6H,14H2,1-2H3,(H4,13,15,16,17,18). The van der Waals surface area contributed by atoms with Crippen molar-refractivity contribution < 1.29 is 9.47 Å². The van der Waals surface area contributed by atoms with E-state index in [4.69, 9.17) is 21.1 Å². The van der Waals surface area contributed by atoms with Crippen LogP contribution in [0.1, 0.15) is 0 Å². The Kier molecular flexibility index (Phi) is 4.06. The summed E-state index contributed by atoms with van der Waals surface area (Å²) in [5.41, 5.74) is 8.73. The van der Waals surface area contributed by atoms with Crippen LogP contribution in [0.2, 0.25) is 0 Å². The predicted octanol–water partition coefficient (Wildman–Crippen LogP) is 1.11. The summed E-state index contributed by atoms with van der Waals surface area (Å²) in [5, 5.41) is 3.08. The smallest absolute Gasteiger partial charge is 0.223 e. The van der Waals surface area contributed by atoms with Crippen LogP contribution in [0, 0.1) is 0 Å². The van der Waals surface area contributed by atoms with Gasteiger partial charge in [0.2, 0.25) is 5.95 Å². The van der Waals surface area contributed by atoms with E-state index in [1.54, 1.807) is 32.4 Å². The summed E-state index contributed by atoms with van der Waals surface area (Å²) < 4.78 is 10.4. The Morgan fingerprint density at radius 1 is 1.05 bits per heavy atom. The number of methoxy groups -OCH3 is 2. The van der Waals surface area contributed by atoms with Crippen LogP contribution in [0.25, 0.3) is 0 Å². The zero-order chi connectivity index (χ0) is 14.5. The Morgan fingerprint density at radius 3 is 2.45 bits per heavy atom. The van der Waals surface area contributed by atoms with E-state index in [-0.39, 0.29) is 5.95 Å². The number of nitrogens with zero attached hydrogens (tertiary/aromatic N) is 2. The summed E-state index contributed by atoms with van der Waals surface area (Å²) in [4.78, 5) is 7.97. The first kappa shape index (κ1) is 13.7. The van der Waals surface area contributed by atoms with E-state index in [2.05, 4.69) is 20.7 Å². The molecule has 20 heavy (non-hydrogen) atoms. The zero-order valence-electron chi connectivity index (χ0n) is 11.2. The van der Waals surface area contributed by atoms with Gasteiger partial charge < -0.3 is 25.9 Å². The Hall–Kier alpha value is -2.74. The molecule has 0 amide bonds. The molecule has 106 valence electrons. The van der Waals surface area contributed by atoms with Gasteiger partial charge in [0.05, 0.1) is 19.9 Å². The molecule has 1 heterocycles. The fourth-order valence-corrected chi connectivity index (χ4v) is 1.64. The molecule has 0 spiro atoms. The molecule has 1 aromatic carbocycles. The van der Waals surface area contributed by atoms with Crippen LogP contribution < -0.4 is 31.8 Å². The Morgan fingerprint density at radius 2 is 1.80 bits per heavy atom. The van der Waals surface area contributed by atoms with Gasteiger partial charge in [-0.15, -0.1) is 0 Å². The largest absolute Gasteiger partial charge is 0.497 e. The molecule has 0 saturated carbocycles. The SMILES string of the molecule is COc1ccc(Nc2cc(NN)nc(N)n2)c(OC)c1. The lowest BCUT2D eigenvalue weighted by Gasteiger charge is -2.12. The first-order chi connectivity index (χ1) is 9.66. The van der Waals surface area contributed by atoms with Crippen molar-refractivity contribution in [3.8, 4) is 11.5 Å². The number of nitrogens with one attached hydrogen (secondary N) is 2. The van der Waals surface area contributed by atoms with E-state index in [0.29, 0.717) is 23.1 Å². The topological polar surface area (TPSA) is 120 Å². The minimum atomic E-state index is 0.107. The van der Waals surface area contributed by atoms with Crippen LogP contribution in [0.4, 0.5) is 23.3 Å². The second kappa shape index (κ2) is 5.93. The fraction of sp³-hybridized carbons (Fsp3) is 0.167. The minimum absolute atomic E-state index is 0.107. The molecule has 0 atom stereocenters. The van der Waals surface area contributed by atoms with Gasteiger partial charge in [-0.05, 0) is 12.1 Å². The van der Waals surface area contributed by atoms with Crippen molar-refractivity contribution in [2.45, 2.75) is 0 Å². The second-order valence-corrected chi connectivity index (χ2v) is 3.83. The number of rotatable bonds is 5. The van der Waals surface area contributed by atoms with E-state index < -0.39 is 0 Å². The summed E-state index contributed by atoms with van der Waals surface area (Å²) in [6, 6.07) is 7.00. The highest BCUT2D eigenvalue weighted by Gasteiger charge is 2.07. The molecule has 2 rings (SSSR count). The van der Waals surface area contributed by atoms with Gasteiger partial charge in [0.1, 0.15) is 23.1 Å². The first-order valence-corrected chi connectivity index (χ1v) is 5.76. The van der Waals surface area contributed by atoms with Crippen LogP contribution in [-0.2, 0) is 0 Å². The summed E-state index contributed by atoms with van der Waals surface area (Å²) in [7, 11) is 3.16. The van der Waals surface area contributed by atoms with Gasteiger partial charge in [-0.2, -0.15) is 9.97 Å². The molecule has 0 fully saturated rings. The van der Waals surface area contributed by atoms with Crippen molar-refractivity contribution in [3.05, 3.63) is 24.3 Å². The molecular formula is C12H16N6O2. The molecule has 0 unspecified atom stereocenters. The third kappa shape index (κ3) is 2.98. The van der Waals surface area contributed by atoms with E-state index in [0.717, 1.165) is 5.69 Å². The van der Waals surface area contributed by atoms with Crippen molar-refractivity contribution in [3.63, 3.8) is 0 Å². The van der Waals surface area contributed by atoms with E-state index in [9.17, 15) is 0 Å². The lowest BCUT2D eigenvalue weighted by atomic mass is 10.2. The van der Waals surface area contributed by atoms with Gasteiger partial charge in [-0.1, -0.05) is 0 Å². The maximum Gasteiger partial charge on any atom is 0.223 e. The molecule has 2 aromatic rings. The molecule has 8 nitrogen and oxygen atoms in total. The van der Waals surface area contributed by atoms with Crippen molar-refractivity contribution in [2.75, 3.05) is 30.7 Å². The number of nitrogen functional groups attached to an aromatic ring is 2. The number of hydrogen-bond donors (Lipinski definition) is 4. The summed E-state index contributed by atoms with van der Waals surface area (Å²) >= 11 is 0. The number of aromatic nitrogens is 2. The summed E-state index contributed by atoms with van der Waals surface area (Å²) in [6.45, 7) is 0. The van der Waals surface area contributed by atoms with Crippen LogP contribution in [0.15, 0.2) is 24.3 Å². The molecule has 1 aromatic heterocycles. The van der Waals surface area contributed by atoms with Gasteiger partial charge in [-0.25, -0.2) is 5.84 Å². The Bertz CT molecular complexity index is 604. The lowest BCUT2D eigenvalue weighted by molar-refractivity contribution is 0.395. The van der Waals surface area contributed by atoms with Gasteiger partial charge in [0, 0.05) is 12.1 Å². The summed E-state index contributed by atoms with van der Waals surface area (Å²) in [6.07, 6.45) is 0. The molecule has 6 N–H and O–H groups in total. The Labute approximate surface area is 116 Å². The molecular weight excluding hydrogens is 260 g/mol. The number of nitrogens with two attached hydrogens (primary N) is 2. The van der Waals surface area contributed by atoms with Crippen LogP contribution in [0.3, 0.4) is 0 Å². The van der Waals surface area contributed by atoms with E-state index in [1.807, 2.05) is 6.07 Å². The highest BCUT2D eigenvalue weighted by molar-refractivity contribution is 5.67. The maximum absolute atomic E-state index is 5.60. The van der Waals surface area contributed by atoms with Gasteiger partial charge in [0.25, 0.3) is 0 Å². The van der Waals surface area contributed by atoms with Crippen LogP contribution in [-0.4, -0.2) is 24.2 Å². The monoisotopic (exact) mass is 276 g/mol. The normalized spacial score (nSPS) is 9.95. The lowest BCUT2D eigenvalue weighted by Crippen LogP contribution is -2.11. The molecule has 0 radical (unpaired) electrons. The number of hydrogen-bond acceptors (Lipinski definition) is 8. The van der Waals surface area contributed by atoms with Crippen molar-refractivity contribution in [2.24, 2.45) is 5.84 Å². The minimum Gasteiger partial charge on any atom is -0.497 e. The van der Waals surface area contributed by atoms with Gasteiger partial charge >= 0.3 is 0 Å². The third-order valence-electron chi connectivity index (χ3n) is 2.56. The quantitative estimate of drug-likeness (QED) is 0.473. The molecule has 0 bridgehead atoms. The van der Waals surface area contributed by atoms with Gasteiger partial charge in [0.15, 0.2) is 0 Å². The average Bonchev–Trinajstić information content (AvgIpc) is 2.47. The highest BCUT2D eigenvalue weighted by atomic mass is 16.5. The third-order valence-corrected chi connectivity index (χ3v) is 2.56. The van der Waals surface area contributed by atoms with Crippen molar-refractivity contribution >= 4 is 23.3 Å². The molecule has 0 saturated heterocycles. The fourth-order valence-electron chi connectivity index (χ4n) is 1.64. The molecule has 0 aliphatic carbocycles. The predicted molar refractivity (Wildman–Crippen MR) is 77.1 cm³/mol. The zero-order valence-corrected chi connectivity index (χ0v) is 11.2. The van der Waals surface area contributed by atoms with Crippen LogP contribution >= 0.6 is 0 Å². The molecule has 0 aliphatic heterocycles. The first-order valence-electron chi connectivity index (χ1n) is 5.76. The van der Waals surface area contributed by atoms with Crippen molar-refractivity contribution in [1.82, 2.24) is 9.97 Å². The highest BCUT2D eigenvalue weighted by Crippen LogP contribution is 2.31. The maximum atomic E-state index is 5.60. The van der Waals surface area contributed by atoms with E-state index >= 15 is 0 Å². The summed E-state index contributed by atoms with van der Waals surface area (Å²) in [5.74, 6) is 7.63. The van der Waals surface area contributed by atoms with Crippen molar-refractivity contribution in [1.29, 1.82) is 0 Å². The molecule has 8 heteroatoms. The number of benzene rings is 1. The number of hydrazine groups is 1. The molecule has 0 aliphatic rings. The van der Waals surface area contributed by atoms with E-state index in [1.165, 1.54) is 0 Å². The number of ether oxygens (including phenoxy) is 2. The Balaban J connectivity index is 2.31. The van der Waals surface area contributed by atoms with Crippen LogP contribution in [0.5, 0.6) is 11.5 Å². The average molecular weight is 276 g/mol. The second-order valence-electron chi connectivity index (χ2n) is 3.83.